The van der Waals surface area contributed by atoms with Gasteiger partial charge < -0.3 is 0 Å². The molecule has 0 bridgehead atoms. The van der Waals surface area contributed by atoms with E-state index in [9.17, 15) is 13.2 Å². The average molecular weight is 215 g/mol. The van der Waals surface area contributed by atoms with Gasteiger partial charge in [-0.15, -0.1) is 11.3 Å². The van der Waals surface area contributed by atoms with E-state index >= 15 is 0 Å². The molecule has 0 aliphatic carbocycles. The predicted molar refractivity (Wildman–Crippen MR) is 49.9 cm³/mol. The number of para-hydroxylation sites is 1. The van der Waals surface area contributed by atoms with Gasteiger partial charge in [-0.2, -0.15) is 13.2 Å². The molecular weight excluding hydrogens is 211 g/mol. The molecular formula is C9H4F3NS. The van der Waals surface area contributed by atoms with Gasteiger partial charge in [-0.3, -0.25) is 0 Å². The SMILES string of the molecule is FC(F)=C(F)c1nc2ccccc2s1. The summed E-state index contributed by atoms with van der Waals surface area (Å²) in [7, 11) is 0. The second kappa shape index (κ2) is 3.42. The Kier molecular flexibility index (Phi) is 2.25. The molecule has 1 nitrogen and oxygen atoms in total. The Morgan fingerprint density at radius 2 is 1.86 bits per heavy atom. The van der Waals surface area contributed by atoms with Crippen LogP contribution in [0.15, 0.2) is 30.3 Å². The van der Waals surface area contributed by atoms with Gasteiger partial charge in [0.25, 0.3) is 0 Å². The summed E-state index contributed by atoms with van der Waals surface area (Å²) in [6.07, 6.45) is -2.33. The van der Waals surface area contributed by atoms with E-state index in [1.54, 1.807) is 24.3 Å². The van der Waals surface area contributed by atoms with Gasteiger partial charge in [-0.1, -0.05) is 12.1 Å². The fourth-order valence-corrected chi connectivity index (χ4v) is 1.93. The van der Waals surface area contributed by atoms with Crippen LogP contribution in [0.1, 0.15) is 5.01 Å². The van der Waals surface area contributed by atoms with Gasteiger partial charge in [-0.25, -0.2) is 4.98 Å². The maximum absolute atomic E-state index is 12.8. The van der Waals surface area contributed by atoms with E-state index in [2.05, 4.69) is 4.98 Å². The molecule has 72 valence electrons. The summed E-state index contributed by atoms with van der Waals surface area (Å²) >= 11 is 0.910. The summed E-state index contributed by atoms with van der Waals surface area (Å²) in [5, 5.41) is -0.272. The van der Waals surface area contributed by atoms with Crippen molar-refractivity contribution in [1.82, 2.24) is 4.98 Å². The van der Waals surface area contributed by atoms with Crippen molar-refractivity contribution in [3.63, 3.8) is 0 Å². The number of aromatic nitrogens is 1. The minimum Gasteiger partial charge on any atom is -0.233 e. The highest BCUT2D eigenvalue weighted by atomic mass is 32.1. The lowest BCUT2D eigenvalue weighted by Crippen LogP contribution is -1.76. The average Bonchev–Trinajstić information content (AvgIpc) is 2.59. The lowest BCUT2D eigenvalue weighted by molar-refractivity contribution is 0.410. The zero-order valence-corrected chi connectivity index (χ0v) is 7.62. The van der Waals surface area contributed by atoms with Crippen LogP contribution in [0.4, 0.5) is 13.2 Å². The minimum atomic E-state index is -2.33. The van der Waals surface area contributed by atoms with E-state index in [1.165, 1.54) is 0 Å². The molecule has 0 unspecified atom stereocenters. The minimum absolute atomic E-state index is 0.272. The van der Waals surface area contributed by atoms with Crippen molar-refractivity contribution >= 4 is 27.4 Å². The monoisotopic (exact) mass is 215 g/mol. The first-order valence-electron chi connectivity index (χ1n) is 3.75. The van der Waals surface area contributed by atoms with E-state index in [1.807, 2.05) is 0 Å². The molecule has 0 amide bonds. The molecule has 0 aliphatic rings. The van der Waals surface area contributed by atoms with Crippen LogP contribution in [-0.4, -0.2) is 4.98 Å². The third kappa shape index (κ3) is 1.50. The highest BCUT2D eigenvalue weighted by molar-refractivity contribution is 7.19. The first-order valence-corrected chi connectivity index (χ1v) is 4.57. The van der Waals surface area contributed by atoms with E-state index in [4.69, 9.17) is 0 Å². The van der Waals surface area contributed by atoms with Crippen LogP contribution in [0.25, 0.3) is 16.0 Å². The second-order valence-corrected chi connectivity index (χ2v) is 3.59. The largest absolute Gasteiger partial charge is 0.308 e. The Morgan fingerprint density at radius 1 is 1.14 bits per heavy atom. The molecule has 0 atom stereocenters. The van der Waals surface area contributed by atoms with E-state index in [-0.39, 0.29) is 5.01 Å². The summed E-state index contributed by atoms with van der Waals surface area (Å²) in [6.45, 7) is 0. The van der Waals surface area contributed by atoms with E-state index in [0.717, 1.165) is 11.3 Å². The molecule has 1 aromatic carbocycles. The lowest BCUT2D eigenvalue weighted by Gasteiger charge is -1.85. The lowest BCUT2D eigenvalue weighted by atomic mass is 10.3. The maximum atomic E-state index is 12.8. The molecule has 2 aromatic rings. The van der Waals surface area contributed by atoms with Gasteiger partial charge in [0.15, 0.2) is 5.01 Å². The van der Waals surface area contributed by atoms with Gasteiger partial charge in [0.2, 0.25) is 5.83 Å². The molecule has 14 heavy (non-hydrogen) atoms. The molecule has 5 heteroatoms. The van der Waals surface area contributed by atoms with Crippen molar-refractivity contribution in [2.24, 2.45) is 0 Å². The molecule has 0 aliphatic heterocycles. The molecule has 0 saturated heterocycles. The first-order chi connectivity index (χ1) is 6.68. The quantitative estimate of drug-likeness (QED) is 0.704. The Labute approximate surface area is 81.5 Å². The van der Waals surface area contributed by atoms with Crippen LogP contribution in [0.3, 0.4) is 0 Å². The summed E-state index contributed by atoms with van der Waals surface area (Å²) in [5.74, 6) is -1.54. The number of rotatable bonds is 1. The third-order valence-electron chi connectivity index (χ3n) is 1.65. The zero-order chi connectivity index (χ0) is 10.1. The van der Waals surface area contributed by atoms with Crippen molar-refractivity contribution in [2.75, 3.05) is 0 Å². The second-order valence-electron chi connectivity index (χ2n) is 2.56. The van der Waals surface area contributed by atoms with E-state index < -0.39 is 11.9 Å². The Balaban J connectivity index is 2.61. The van der Waals surface area contributed by atoms with Crippen LogP contribution in [0.2, 0.25) is 0 Å². The van der Waals surface area contributed by atoms with Crippen LogP contribution in [-0.2, 0) is 0 Å². The van der Waals surface area contributed by atoms with Gasteiger partial charge >= 0.3 is 6.08 Å². The molecule has 1 heterocycles. The molecule has 0 saturated carbocycles. The Morgan fingerprint density at radius 3 is 2.50 bits per heavy atom. The normalized spacial score (nSPS) is 10.5. The van der Waals surface area contributed by atoms with Crippen molar-refractivity contribution in [1.29, 1.82) is 0 Å². The predicted octanol–water partition coefficient (Wildman–Crippen LogP) is 3.83. The van der Waals surface area contributed by atoms with Crippen molar-refractivity contribution in [2.45, 2.75) is 0 Å². The third-order valence-corrected chi connectivity index (χ3v) is 2.68. The number of hydrogen-bond acceptors (Lipinski definition) is 2. The molecule has 0 spiro atoms. The highest BCUT2D eigenvalue weighted by Gasteiger charge is 2.13. The molecule has 1 aromatic heterocycles. The standard InChI is InChI=1S/C9H4F3NS/c10-7(8(11)12)9-13-5-3-1-2-4-6(5)14-9/h1-4H. The number of benzene rings is 1. The molecule has 0 fully saturated rings. The van der Waals surface area contributed by atoms with Crippen molar-refractivity contribution in [3.8, 4) is 0 Å². The topological polar surface area (TPSA) is 12.9 Å². The van der Waals surface area contributed by atoms with Gasteiger partial charge in [0.05, 0.1) is 10.2 Å². The van der Waals surface area contributed by atoms with E-state index in [0.29, 0.717) is 10.2 Å². The molecule has 0 N–H and O–H groups in total. The van der Waals surface area contributed by atoms with Crippen LogP contribution in [0, 0.1) is 0 Å². The first kappa shape index (κ1) is 9.21. The number of hydrogen-bond donors (Lipinski definition) is 0. The Hall–Kier alpha value is -1.36. The Bertz CT molecular complexity index is 466. The number of halogens is 3. The van der Waals surface area contributed by atoms with Crippen LogP contribution < -0.4 is 0 Å². The number of nitrogens with zero attached hydrogens (tertiary/aromatic N) is 1. The number of fused-ring (bicyclic) bond motifs is 1. The van der Waals surface area contributed by atoms with Crippen LogP contribution in [0.5, 0.6) is 0 Å². The molecule has 2 rings (SSSR count). The summed E-state index contributed by atoms with van der Waals surface area (Å²) in [6, 6.07) is 6.83. The fraction of sp³-hybridized carbons (Fsp3) is 0. The summed E-state index contributed by atoms with van der Waals surface area (Å²) in [5.41, 5.74) is 0.531. The van der Waals surface area contributed by atoms with Gasteiger partial charge in [-0.05, 0) is 12.1 Å². The van der Waals surface area contributed by atoms with Crippen LogP contribution >= 0.6 is 11.3 Å². The summed E-state index contributed by atoms with van der Waals surface area (Å²) < 4.78 is 37.3. The smallest absolute Gasteiger partial charge is 0.233 e. The van der Waals surface area contributed by atoms with Crippen molar-refractivity contribution < 1.29 is 13.2 Å². The van der Waals surface area contributed by atoms with Gasteiger partial charge in [0.1, 0.15) is 0 Å². The zero-order valence-electron chi connectivity index (χ0n) is 6.80. The van der Waals surface area contributed by atoms with Gasteiger partial charge in [0, 0.05) is 0 Å². The number of thiazole rings is 1. The van der Waals surface area contributed by atoms with Crippen molar-refractivity contribution in [3.05, 3.63) is 35.4 Å². The molecule has 0 radical (unpaired) electrons. The maximum Gasteiger partial charge on any atom is 0.308 e. The fourth-order valence-electron chi connectivity index (χ4n) is 1.05. The summed E-state index contributed by atoms with van der Waals surface area (Å²) in [4.78, 5) is 3.74. The highest BCUT2D eigenvalue weighted by Crippen LogP contribution is 2.30.